The second kappa shape index (κ2) is 11.9. The van der Waals surface area contributed by atoms with Gasteiger partial charge in [-0.25, -0.2) is 0 Å². The van der Waals surface area contributed by atoms with E-state index in [9.17, 15) is 0 Å². The molecule has 51 heavy (non-hydrogen) atoms. The Balaban J connectivity index is 1.26. The fourth-order valence-corrected chi connectivity index (χ4v) is 7.48. The molecule has 2 aromatic heterocycles. The fraction of sp³-hybridized carbons (Fsp3) is 0. The summed E-state index contributed by atoms with van der Waals surface area (Å²) in [5.41, 5.74) is 13.2. The van der Waals surface area contributed by atoms with Gasteiger partial charge in [0.1, 0.15) is 22.3 Å². The smallest absolute Gasteiger partial charge is 0.143 e. The van der Waals surface area contributed by atoms with Gasteiger partial charge in [0.2, 0.25) is 0 Å². The maximum Gasteiger partial charge on any atom is 0.143 e. The van der Waals surface area contributed by atoms with Gasteiger partial charge < -0.3 is 13.7 Å². The molecule has 0 bridgehead atoms. The SMILES string of the molecule is c1ccc(-c2cccc(N(c3ccccc3)c3cc(-c4cccc5c4oc4ccccc45)cc(-c4cccc5c4oc4ccccc45)c3)c2)cc1. The van der Waals surface area contributed by atoms with Crippen molar-refractivity contribution in [2.24, 2.45) is 0 Å². The van der Waals surface area contributed by atoms with Gasteiger partial charge in [0.05, 0.1) is 0 Å². The van der Waals surface area contributed by atoms with Gasteiger partial charge in [-0.05, 0) is 76.9 Å². The molecule has 0 aliphatic carbocycles. The Morgan fingerprint density at radius 2 is 0.745 bits per heavy atom. The molecule has 0 saturated heterocycles. The van der Waals surface area contributed by atoms with Gasteiger partial charge in [0, 0.05) is 49.7 Å². The zero-order valence-corrected chi connectivity index (χ0v) is 27.7. The Morgan fingerprint density at radius 1 is 0.294 bits per heavy atom. The van der Waals surface area contributed by atoms with Gasteiger partial charge in [0.25, 0.3) is 0 Å². The fourth-order valence-electron chi connectivity index (χ4n) is 7.48. The molecule has 0 fully saturated rings. The number of fused-ring (bicyclic) bond motifs is 6. The van der Waals surface area contributed by atoms with Crippen LogP contribution in [-0.2, 0) is 0 Å². The summed E-state index contributed by atoms with van der Waals surface area (Å²) in [5.74, 6) is 0. The van der Waals surface area contributed by atoms with Gasteiger partial charge >= 0.3 is 0 Å². The van der Waals surface area contributed by atoms with Crippen molar-refractivity contribution in [1.82, 2.24) is 0 Å². The third-order valence-corrected chi connectivity index (χ3v) is 9.83. The minimum Gasteiger partial charge on any atom is -0.455 e. The topological polar surface area (TPSA) is 29.5 Å². The highest BCUT2D eigenvalue weighted by Crippen LogP contribution is 2.44. The van der Waals surface area contributed by atoms with Crippen molar-refractivity contribution in [1.29, 1.82) is 0 Å². The summed E-state index contributed by atoms with van der Waals surface area (Å²) in [4.78, 5) is 2.34. The lowest BCUT2D eigenvalue weighted by Gasteiger charge is -2.27. The summed E-state index contributed by atoms with van der Waals surface area (Å²) in [6.07, 6.45) is 0. The Hall–Kier alpha value is -6.84. The second-order valence-corrected chi connectivity index (χ2v) is 12.9. The Labute approximate surface area is 295 Å². The molecule has 0 amide bonds. The maximum atomic E-state index is 6.60. The standard InChI is InChI=1S/C48H31NO2/c1-3-14-32(15-4-1)33-16-11-19-37(29-33)49(36-17-5-2-6-18-36)38-30-34(39-22-12-24-43-41-20-7-9-26-45(41)50-47(39)43)28-35(31-38)40-23-13-25-44-42-21-8-10-27-46(42)51-48(40)44/h1-31H. The van der Waals surface area contributed by atoms with E-state index in [0.717, 1.165) is 88.8 Å². The molecule has 240 valence electrons. The molecule has 10 aromatic rings. The van der Waals surface area contributed by atoms with E-state index in [4.69, 9.17) is 8.83 Å². The summed E-state index contributed by atoms with van der Waals surface area (Å²) in [6, 6.07) is 66.2. The average molecular weight is 654 g/mol. The average Bonchev–Trinajstić information content (AvgIpc) is 3.78. The van der Waals surface area contributed by atoms with E-state index in [1.54, 1.807) is 0 Å². The highest BCUT2D eigenvalue weighted by atomic mass is 16.3. The molecule has 0 N–H and O–H groups in total. The molecular weight excluding hydrogens is 623 g/mol. The molecule has 0 radical (unpaired) electrons. The van der Waals surface area contributed by atoms with Crippen molar-refractivity contribution in [2.75, 3.05) is 4.90 Å². The quantitative estimate of drug-likeness (QED) is 0.179. The number of para-hydroxylation sites is 5. The minimum atomic E-state index is 0.876. The molecule has 10 rings (SSSR count). The minimum absolute atomic E-state index is 0.876. The van der Waals surface area contributed by atoms with E-state index in [1.165, 1.54) is 5.56 Å². The summed E-state index contributed by atoms with van der Waals surface area (Å²) in [6.45, 7) is 0. The lowest BCUT2D eigenvalue weighted by Crippen LogP contribution is -2.10. The molecule has 0 aliphatic heterocycles. The number of anilines is 3. The second-order valence-electron chi connectivity index (χ2n) is 12.9. The van der Waals surface area contributed by atoms with Crippen LogP contribution < -0.4 is 4.90 Å². The van der Waals surface area contributed by atoms with Crippen LogP contribution in [0.1, 0.15) is 0 Å². The van der Waals surface area contributed by atoms with E-state index < -0.39 is 0 Å². The first kappa shape index (κ1) is 29.1. The third-order valence-electron chi connectivity index (χ3n) is 9.83. The van der Waals surface area contributed by atoms with Crippen molar-refractivity contribution in [3.63, 3.8) is 0 Å². The number of rotatable bonds is 6. The molecule has 0 atom stereocenters. The van der Waals surface area contributed by atoms with E-state index in [0.29, 0.717) is 0 Å². The van der Waals surface area contributed by atoms with Crippen LogP contribution in [0.15, 0.2) is 197 Å². The monoisotopic (exact) mass is 653 g/mol. The van der Waals surface area contributed by atoms with Crippen LogP contribution in [-0.4, -0.2) is 0 Å². The van der Waals surface area contributed by atoms with Gasteiger partial charge in [-0.3, -0.25) is 0 Å². The number of hydrogen-bond acceptors (Lipinski definition) is 3. The summed E-state index contributed by atoms with van der Waals surface area (Å²) in [7, 11) is 0. The molecule has 0 saturated carbocycles. The van der Waals surface area contributed by atoms with E-state index in [2.05, 4.69) is 169 Å². The largest absolute Gasteiger partial charge is 0.455 e. The van der Waals surface area contributed by atoms with Crippen molar-refractivity contribution in [3.05, 3.63) is 188 Å². The van der Waals surface area contributed by atoms with Crippen LogP contribution in [0, 0.1) is 0 Å². The van der Waals surface area contributed by atoms with Crippen molar-refractivity contribution >= 4 is 60.9 Å². The summed E-state index contributed by atoms with van der Waals surface area (Å²) >= 11 is 0. The molecule has 3 heteroatoms. The van der Waals surface area contributed by atoms with Crippen LogP contribution in [0.2, 0.25) is 0 Å². The van der Waals surface area contributed by atoms with E-state index in [1.807, 2.05) is 24.3 Å². The van der Waals surface area contributed by atoms with Gasteiger partial charge in [-0.2, -0.15) is 0 Å². The zero-order chi connectivity index (χ0) is 33.7. The van der Waals surface area contributed by atoms with Crippen LogP contribution in [0.5, 0.6) is 0 Å². The first-order valence-electron chi connectivity index (χ1n) is 17.3. The van der Waals surface area contributed by atoms with Crippen molar-refractivity contribution in [2.45, 2.75) is 0 Å². The Morgan fingerprint density at radius 3 is 1.35 bits per heavy atom. The number of furan rings is 2. The summed E-state index contributed by atoms with van der Waals surface area (Å²) in [5, 5.41) is 4.43. The lowest BCUT2D eigenvalue weighted by molar-refractivity contribution is 0.670. The molecule has 0 unspecified atom stereocenters. The van der Waals surface area contributed by atoms with Gasteiger partial charge in [-0.15, -0.1) is 0 Å². The highest BCUT2D eigenvalue weighted by molar-refractivity contribution is 6.12. The predicted octanol–water partition coefficient (Wildman–Crippen LogP) is 14.0. The Bertz CT molecular complexity index is 2730. The normalized spacial score (nSPS) is 11.5. The van der Waals surface area contributed by atoms with Crippen LogP contribution in [0.3, 0.4) is 0 Å². The predicted molar refractivity (Wildman–Crippen MR) is 212 cm³/mol. The molecule has 3 nitrogen and oxygen atoms in total. The number of benzene rings is 8. The van der Waals surface area contributed by atoms with E-state index >= 15 is 0 Å². The van der Waals surface area contributed by atoms with Crippen molar-refractivity contribution in [3.8, 4) is 33.4 Å². The van der Waals surface area contributed by atoms with Gasteiger partial charge in [-0.1, -0.05) is 133 Å². The molecule has 0 spiro atoms. The first-order valence-corrected chi connectivity index (χ1v) is 17.3. The maximum absolute atomic E-state index is 6.60. The molecule has 2 heterocycles. The number of hydrogen-bond donors (Lipinski definition) is 0. The van der Waals surface area contributed by atoms with E-state index in [-0.39, 0.29) is 0 Å². The van der Waals surface area contributed by atoms with Crippen molar-refractivity contribution < 1.29 is 8.83 Å². The summed E-state index contributed by atoms with van der Waals surface area (Å²) < 4.78 is 13.2. The highest BCUT2D eigenvalue weighted by Gasteiger charge is 2.20. The van der Waals surface area contributed by atoms with Crippen LogP contribution in [0.25, 0.3) is 77.3 Å². The van der Waals surface area contributed by atoms with Crippen LogP contribution in [0.4, 0.5) is 17.1 Å². The zero-order valence-electron chi connectivity index (χ0n) is 27.7. The number of nitrogens with zero attached hydrogens (tertiary/aromatic N) is 1. The van der Waals surface area contributed by atoms with Gasteiger partial charge in [0.15, 0.2) is 0 Å². The molecular formula is C48H31NO2. The molecule has 8 aromatic carbocycles. The first-order chi connectivity index (χ1) is 25.3. The Kier molecular flexibility index (Phi) is 6.81. The third kappa shape index (κ3) is 4.98. The van der Waals surface area contributed by atoms with Crippen LogP contribution >= 0.6 is 0 Å². The molecule has 0 aliphatic rings. The lowest BCUT2D eigenvalue weighted by atomic mass is 9.95.